The molecule has 0 spiro atoms. The van der Waals surface area contributed by atoms with Gasteiger partial charge in [0, 0.05) is 6.07 Å². The third kappa shape index (κ3) is 5.05. The first-order chi connectivity index (χ1) is 16.7. The van der Waals surface area contributed by atoms with E-state index in [0.717, 1.165) is 4.31 Å². The maximum absolute atomic E-state index is 13.5. The largest absolute Gasteiger partial charge is 0.497 e. The van der Waals surface area contributed by atoms with Crippen molar-refractivity contribution in [2.45, 2.75) is 23.8 Å². The Labute approximate surface area is 202 Å². The Morgan fingerprint density at radius 1 is 1.26 bits per heavy atom. The summed E-state index contributed by atoms with van der Waals surface area (Å²) in [6.45, 7) is 1.08. The summed E-state index contributed by atoms with van der Waals surface area (Å²) >= 11 is 0. The average molecular weight is 502 g/mol. The van der Waals surface area contributed by atoms with Crippen molar-refractivity contribution in [3.8, 4) is 11.5 Å². The third-order valence-electron chi connectivity index (χ3n) is 5.59. The van der Waals surface area contributed by atoms with Gasteiger partial charge in [0.2, 0.25) is 5.91 Å². The number of hydrogen-bond donors (Lipinski definition) is 2. The van der Waals surface area contributed by atoms with E-state index in [1.807, 2.05) is 0 Å². The molecule has 2 aromatic carbocycles. The van der Waals surface area contributed by atoms with Gasteiger partial charge in [-0.2, -0.15) is 0 Å². The Kier molecular flexibility index (Phi) is 6.90. The van der Waals surface area contributed by atoms with Crippen LogP contribution in [0.4, 0.5) is 16.0 Å². The Bertz CT molecular complexity index is 1330. The monoisotopic (exact) mass is 501 g/mol. The highest BCUT2D eigenvalue weighted by molar-refractivity contribution is 7.92. The maximum atomic E-state index is 13.5. The summed E-state index contributed by atoms with van der Waals surface area (Å²) < 4.78 is 52.1. The minimum atomic E-state index is -4.11. The predicted molar refractivity (Wildman–Crippen MR) is 127 cm³/mol. The summed E-state index contributed by atoms with van der Waals surface area (Å²) in [6, 6.07) is 14.5. The topological polar surface area (TPSA) is 118 Å². The van der Waals surface area contributed by atoms with Gasteiger partial charge in [0.1, 0.15) is 23.5 Å². The molecule has 184 valence electrons. The van der Waals surface area contributed by atoms with Crippen LogP contribution >= 0.6 is 0 Å². The lowest BCUT2D eigenvalue weighted by molar-refractivity contribution is -0.117. The quantitative estimate of drug-likeness (QED) is 0.511. The van der Waals surface area contributed by atoms with Crippen LogP contribution in [0.5, 0.6) is 11.5 Å². The molecule has 2 unspecified atom stereocenters. The van der Waals surface area contributed by atoms with Crippen molar-refractivity contribution in [2.75, 3.05) is 29.9 Å². The van der Waals surface area contributed by atoms with Crippen molar-refractivity contribution in [3.63, 3.8) is 0 Å². The molecule has 1 amide bonds. The Morgan fingerprint density at radius 2 is 2.00 bits per heavy atom. The first-order valence-corrected chi connectivity index (χ1v) is 12.2. The predicted octanol–water partition coefficient (Wildman–Crippen LogP) is 2.92. The standard InChI is InChI=1S/C24H24FN3O6S/c1-15(16-6-8-17(25)9-7-16)24(30)27-22-11-10-21-23(26-22)28(13-19(14-29)34-21)35(31,32)20-5-3-4-18(12-20)33-2/h3-12,15,19,29H,13-14H2,1-2H3,(H,26,27,30). The first kappa shape index (κ1) is 24.4. The molecule has 1 aliphatic rings. The van der Waals surface area contributed by atoms with E-state index in [-0.39, 0.29) is 28.8 Å². The molecular weight excluding hydrogens is 477 g/mol. The van der Waals surface area contributed by atoms with E-state index in [4.69, 9.17) is 9.47 Å². The number of nitrogens with zero attached hydrogens (tertiary/aromatic N) is 2. The molecule has 0 saturated carbocycles. The highest BCUT2D eigenvalue weighted by Gasteiger charge is 2.36. The number of carbonyl (C=O) groups excluding carboxylic acids is 1. The maximum Gasteiger partial charge on any atom is 0.265 e. The van der Waals surface area contributed by atoms with Gasteiger partial charge in [0.15, 0.2) is 11.6 Å². The van der Waals surface area contributed by atoms with Crippen LogP contribution in [0.25, 0.3) is 0 Å². The first-order valence-electron chi connectivity index (χ1n) is 10.7. The highest BCUT2D eigenvalue weighted by atomic mass is 32.2. The molecule has 4 rings (SSSR count). The smallest absolute Gasteiger partial charge is 0.265 e. The molecule has 3 aromatic rings. The lowest BCUT2D eigenvalue weighted by Crippen LogP contribution is -2.45. The van der Waals surface area contributed by atoms with Crippen LogP contribution in [0, 0.1) is 5.82 Å². The van der Waals surface area contributed by atoms with Crippen molar-refractivity contribution in [3.05, 3.63) is 72.0 Å². The number of anilines is 2. The summed E-state index contributed by atoms with van der Waals surface area (Å²) in [5.41, 5.74) is 0.609. The van der Waals surface area contributed by atoms with Gasteiger partial charge >= 0.3 is 0 Å². The number of rotatable bonds is 7. The fourth-order valence-corrected chi connectivity index (χ4v) is 5.09. The summed E-state index contributed by atoms with van der Waals surface area (Å²) in [7, 11) is -2.68. The molecule has 2 heterocycles. The zero-order valence-corrected chi connectivity index (χ0v) is 19.8. The number of halogens is 1. The second kappa shape index (κ2) is 9.88. The van der Waals surface area contributed by atoms with Crippen LogP contribution in [0.15, 0.2) is 65.6 Å². The molecule has 0 fully saturated rings. The number of nitrogens with one attached hydrogen (secondary N) is 1. The molecule has 35 heavy (non-hydrogen) atoms. The number of amides is 1. The number of ether oxygens (including phenoxy) is 2. The van der Waals surface area contributed by atoms with Crippen molar-refractivity contribution < 1.29 is 32.2 Å². The molecule has 0 bridgehead atoms. The van der Waals surface area contributed by atoms with Crippen LogP contribution in [0.2, 0.25) is 0 Å². The van der Waals surface area contributed by atoms with E-state index in [2.05, 4.69) is 10.3 Å². The van der Waals surface area contributed by atoms with Crippen molar-refractivity contribution in [2.24, 2.45) is 0 Å². The number of aliphatic hydroxyl groups is 1. The van der Waals surface area contributed by atoms with Crippen molar-refractivity contribution >= 4 is 27.6 Å². The number of aliphatic hydroxyl groups excluding tert-OH is 1. The average Bonchev–Trinajstić information content (AvgIpc) is 2.88. The van der Waals surface area contributed by atoms with E-state index in [0.29, 0.717) is 11.3 Å². The molecule has 2 atom stereocenters. The lowest BCUT2D eigenvalue weighted by Gasteiger charge is -2.34. The second-order valence-electron chi connectivity index (χ2n) is 7.92. The second-order valence-corrected chi connectivity index (χ2v) is 9.78. The minimum absolute atomic E-state index is 0.0234. The highest BCUT2D eigenvalue weighted by Crippen LogP contribution is 2.37. The van der Waals surface area contributed by atoms with E-state index >= 15 is 0 Å². The van der Waals surface area contributed by atoms with Gasteiger partial charge in [0.25, 0.3) is 10.0 Å². The number of benzene rings is 2. The van der Waals surface area contributed by atoms with Gasteiger partial charge in [0.05, 0.1) is 31.1 Å². The molecule has 9 nitrogen and oxygen atoms in total. The Balaban J connectivity index is 1.66. The van der Waals surface area contributed by atoms with Crippen LogP contribution in [0.1, 0.15) is 18.4 Å². The zero-order valence-electron chi connectivity index (χ0n) is 19.0. The van der Waals surface area contributed by atoms with E-state index in [1.54, 1.807) is 19.1 Å². The van der Waals surface area contributed by atoms with Gasteiger partial charge in [-0.25, -0.2) is 22.1 Å². The fraction of sp³-hybridized carbons (Fsp3) is 0.250. The third-order valence-corrected chi connectivity index (χ3v) is 7.34. The normalized spacial score (nSPS) is 16.1. The number of sulfonamides is 1. The van der Waals surface area contributed by atoms with Gasteiger partial charge < -0.3 is 19.9 Å². The number of fused-ring (bicyclic) bond motifs is 1. The molecule has 0 aliphatic carbocycles. The van der Waals surface area contributed by atoms with Crippen molar-refractivity contribution in [1.29, 1.82) is 0 Å². The lowest BCUT2D eigenvalue weighted by atomic mass is 10.0. The van der Waals surface area contributed by atoms with Gasteiger partial charge in [-0.1, -0.05) is 18.2 Å². The van der Waals surface area contributed by atoms with E-state index in [1.165, 1.54) is 55.6 Å². The summed E-state index contributed by atoms with van der Waals surface area (Å²) in [5.74, 6) is -0.828. The molecule has 11 heteroatoms. The fourth-order valence-electron chi connectivity index (χ4n) is 3.60. The van der Waals surface area contributed by atoms with Gasteiger partial charge in [-0.15, -0.1) is 0 Å². The van der Waals surface area contributed by atoms with Crippen LogP contribution < -0.4 is 19.1 Å². The zero-order chi connectivity index (χ0) is 25.2. The summed E-state index contributed by atoms with van der Waals surface area (Å²) in [6.07, 6.45) is -0.802. The van der Waals surface area contributed by atoms with E-state index < -0.39 is 40.4 Å². The SMILES string of the molecule is COc1cccc(S(=O)(=O)N2CC(CO)Oc3ccc(NC(=O)C(C)c4ccc(F)cc4)nc32)c1. The van der Waals surface area contributed by atoms with Gasteiger partial charge in [-0.3, -0.25) is 4.79 Å². The molecule has 1 aromatic heterocycles. The number of hydrogen-bond acceptors (Lipinski definition) is 7. The molecular formula is C24H24FN3O6S. The number of methoxy groups -OCH3 is 1. The number of carbonyl (C=O) groups is 1. The van der Waals surface area contributed by atoms with E-state index in [9.17, 15) is 22.7 Å². The molecule has 0 radical (unpaired) electrons. The molecule has 1 aliphatic heterocycles. The van der Waals surface area contributed by atoms with Crippen LogP contribution in [-0.4, -0.2) is 50.8 Å². The van der Waals surface area contributed by atoms with Crippen LogP contribution in [0.3, 0.4) is 0 Å². The minimum Gasteiger partial charge on any atom is -0.497 e. The molecule has 2 N–H and O–H groups in total. The Morgan fingerprint density at radius 3 is 2.69 bits per heavy atom. The number of aromatic nitrogens is 1. The van der Waals surface area contributed by atoms with Crippen molar-refractivity contribution in [1.82, 2.24) is 4.98 Å². The van der Waals surface area contributed by atoms with Crippen LogP contribution in [-0.2, 0) is 14.8 Å². The summed E-state index contributed by atoms with van der Waals surface area (Å²) in [5, 5.41) is 12.3. The van der Waals surface area contributed by atoms with Gasteiger partial charge in [-0.05, 0) is 48.9 Å². The Hall–Kier alpha value is -3.70. The number of pyridine rings is 1. The molecule has 0 saturated heterocycles. The summed E-state index contributed by atoms with van der Waals surface area (Å²) in [4.78, 5) is 17.1.